The quantitative estimate of drug-likeness (QED) is 0.885. The number of nitrogens with one attached hydrogen (secondary N) is 1. The van der Waals surface area contributed by atoms with Gasteiger partial charge in [0.2, 0.25) is 5.95 Å². The summed E-state index contributed by atoms with van der Waals surface area (Å²) >= 11 is 1.53. The van der Waals surface area contributed by atoms with Crippen LogP contribution in [0, 0.1) is 6.92 Å². The summed E-state index contributed by atoms with van der Waals surface area (Å²) in [7, 11) is 3.93. The van der Waals surface area contributed by atoms with Crippen LogP contribution in [0.4, 0.5) is 11.8 Å². The zero-order valence-corrected chi connectivity index (χ0v) is 12.9. The predicted molar refractivity (Wildman–Crippen MR) is 85.7 cm³/mol. The van der Waals surface area contributed by atoms with E-state index in [0.29, 0.717) is 5.95 Å². The van der Waals surface area contributed by atoms with Crippen molar-refractivity contribution in [2.75, 3.05) is 23.9 Å². The van der Waals surface area contributed by atoms with Crippen LogP contribution in [-0.2, 0) is 0 Å². The molecule has 1 aliphatic rings. The SMILES string of the molecule is Cc1ccnc(N2C(c3cn[nH]c3N(C)C)=CSC2N)n1. The normalized spacial score (nSPS) is 18.0. The summed E-state index contributed by atoms with van der Waals surface area (Å²) in [5, 5.41) is 9.15. The molecule has 3 rings (SSSR count). The first-order valence-electron chi connectivity index (χ1n) is 6.49. The van der Waals surface area contributed by atoms with Gasteiger partial charge >= 0.3 is 0 Å². The Labute approximate surface area is 127 Å². The second kappa shape index (κ2) is 5.38. The van der Waals surface area contributed by atoms with Crippen LogP contribution in [0.2, 0.25) is 0 Å². The Balaban J connectivity index is 2.03. The number of aryl methyl sites for hydroxylation is 1. The van der Waals surface area contributed by atoms with E-state index in [1.807, 2.05) is 42.3 Å². The molecule has 8 heteroatoms. The van der Waals surface area contributed by atoms with Gasteiger partial charge in [0, 0.05) is 26.0 Å². The lowest BCUT2D eigenvalue weighted by Crippen LogP contribution is -2.36. The van der Waals surface area contributed by atoms with E-state index in [9.17, 15) is 0 Å². The molecule has 1 atom stereocenters. The van der Waals surface area contributed by atoms with Gasteiger partial charge < -0.3 is 10.6 Å². The Hall–Kier alpha value is -2.06. The maximum Gasteiger partial charge on any atom is 0.232 e. The fourth-order valence-electron chi connectivity index (χ4n) is 2.16. The molecule has 7 nitrogen and oxygen atoms in total. The van der Waals surface area contributed by atoms with E-state index < -0.39 is 0 Å². The van der Waals surface area contributed by atoms with Gasteiger partial charge in [-0.25, -0.2) is 9.97 Å². The number of hydrogen-bond donors (Lipinski definition) is 2. The summed E-state index contributed by atoms with van der Waals surface area (Å²) in [4.78, 5) is 12.7. The van der Waals surface area contributed by atoms with E-state index in [-0.39, 0.29) is 5.50 Å². The molecule has 3 N–H and O–H groups in total. The number of nitrogens with zero attached hydrogens (tertiary/aromatic N) is 5. The second-order valence-electron chi connectivity index (χ2n) is 4.92. The maximum atomic E-state index is 6.20. The molecule has 0 aromatic carbocycles. The van der Waals surface area contributed by atoms with Crippen LogP contribution < -0.4 is 15.5 Å². The first-order chi connectivity index (χ1) is 10.1. The van der Waals surface area contributed by atoms with Crippen molar-refractivity contribution >= 4 is 29.2 Å². The topological polar surface area (TPSA) is 87.0 Å². The van der Waals surface area contributed by atoms with E-state index in [1.165, 1.54) is 11.8 Å². The summed E-state index contributed by atoms with van der Waals surface area (Å²) in [5.74, 6) is 1.53. The number of nitrogens with two attached hydrogens (primary N) is 1. The highest BCUT2D eigenvalue weighted by Gasteiger charge is 2.30. The minimum atomic E-state index is -0.244. The number of hydrogen-bond acceptors (Lipinski definition) is 7. The zero-order chi connectivity index (χ0) is 15.0. The van der Waals surface area contributed by atoms with Crippen molar-refractivity contribution in [1.82, 2.24) is 20.2 Å². The summed E-state index contributed by atoms with van der Waals surface area (Å²) in [6, 6.07) is 1.87. The van der Waals surface area contributed by atoms with Crippen LogP contribution >= 0.6 is 11.8 Å². The van der Waals surface area contributed by atoms with E-state index in [4.69, 9.17) is 5.73 Å². The first kappa shape index (κ1) is 13.9. The van der Waals surface area contributed by atoms with Crippen molar-refractivity contribution in [3.8, 4) is 0 Å². The van der Waals surface area contributed by atoms with Crippen molar-refractivity contribution in [2.45, 2.75) is 12.4 Å². The van der Waals surface area contributed by atoms with Gasteiger partial charge in [0.1, 0.15) is 11.3 Å². The van der Waals surface area contributed by atoms with Gasteiger partial charge in [0.05, 0.1) is 17.5 Å². The predicted octanol–water partition coefficient (Wildman–Crippen LogP) is 1.37. The Morgan fingerprint density at radius 3 is 2.95 bits per heavy atom. The van der Waals surface area contributed by atoms with E-state index in [0.717, 1.165) is 22.8 Å². The molecule has 110 valence electrons. The van der Waals surface area contributed by atoms with E-state index in [2.05, 4.69) is 20.2 Å². The molecule has 0 amide bonds. The van der Waals surface area contributed by atoms with Crippen LogP contribution in [0.15, 0.2) is 23.9 Å². The molecule has 0 spiro atoms. The fraction of sp³-hybridized carbons (Fsp3) is 0.308. The summed E-state index contributed by atoms with van der Waals surface area (Å²) < 4.78 is 0. The van der Waals surface area contributed by atoms with Crippen molar-refractivity contribution < 1.29 is 0 Å². The van der Waals surface area contributed by atoms with Gasteiger partial charge in [-0.2, -0.15) is 5.10 Å². The largest absolute Gasteiger partial charge is 0.363 e. The molecule has 2 aromatic rings. The molecule has 0 bridgehead atoms. The van der Waals surface area contributed by atoms with E-state index >= 15 is 0 Å². The standard InChI is InChI=1S/C13H17N7S/c1-8-4-5-15-13(17-8)20-10(7-21-12(20)14)9-6-16-18-11(9)19(2)3/h4-7,12H,14H2,1-3H3,(H,16,18). The van der Waals surface area contributed by atoms with Crippen LogP contribution in [-0.4, -0.2) is 39.8 Å². The third-order valence-corrected chi connectivity index (χ3v) is 4.02. The molecule has 0 saturated carbocycles. The third-order valence-electron chi connectivity index (χ3n) is 3.17. The van der Waals surface area contributed by atoms with Crippen molar-refractivity contribution in [3.05, 3.63) is 35.1 Å². The molecule has 1 unspecified atom stereocenters. The van der Waals surface area contributed by atoms with Gasteiger partial charge in [-0.05, 0) is 18.4 Å². The monoisotopic (exact) mass is 303 g/mol. The number of thioether (sulfide) groups is 1. The van der Waals surface area contributed by atoms with Crippen molar-refractivity contribution in [3.63, 3.8) is 0 Å². The van der Waals surface area contributed by atoms with Gasteiger partial charge in [-0.3, -0.25) is 10.00 Å². The summed E-state index contributed by atoms with van der Waals surface area (Å²) in [6.07, 6.45) is 3.54. The van der Waals surface area contributed by atoms with Gasteiger partial charge in [0.15, 0.2) is 0 Å². The average Bonchev–Trinajstić information content (AvgIpc) is 3.04. The van der Waals surface area contributed by atoms with E-state index in [1.54, 1.807) is 12.4 Å². The molecule has 2 aromatic heterocycles. The van der Waals surface area contributed by atoms with Gasteiger partial charge in [0.25, 0.3) is 0 Å². The van der Waals surface area contributed by atoms with Crippen molar-refractivity contribution in [2.24, 2.45) is 5.73 Å². The van der Waals surface area contributed by atoms with Crippen LogP contribution in [0.5, 0.6) is 0 Å². The Kier molecular flexibility index (Phi) is 3.56. The lowest BCUT2D eigenvalue weighted by molar-refractivity contribution is 0.880. The zero-order valence-electron chi connectivity index (χ0n) is 12.1. The lowest BCUT2D eigenvalue weighted by Gasteiger charge is -2.25. The highest BCUT2D eigenvalue weighted by molar-refractivity contribution is 8.03. The molecule has 21 heavy (non-hydrogen) atoms. The fourth-order valence-corrected chi connectivity index (χ4v) is 3.00. The smallest absolute Gasteiger partial charge is 0.232 e. The number of anilines is 2. The molecular weight excluding hydrogens is 286 g/mol. The summed E-state index contributed by atoms with van der Waals surface area (Å²) in [6.45, 7) is 1.94. The van der Waals surface area contributed by atoms with Crippen molar-refractivity contribution in [1.29, 1.82) is 0 Å². The molecule has 0 saturated heterocycles. The molecule has 3 heterocycles. The van der Waals surface area contributed by atoms with Crippen LogP contribution in [0.3, 0.4) is 0 Å². The molecule has 1 aliphatic heterocycles. The molecule has 0 fully saturated rings. The number of rotatable bonds is 3. The van der Waals surface area contributed by atoms with Crippen LogP contribution in [0.1, 0.15) is 11.3 Å². The Morgan fingerprint density at radius 1 is 1.43 bits per heavy atom. The second-order valence-corrected chi connectivity index (χ2v) is 5.92. The Morgan fingerprint density at radius 2 is 2.24 bits per heavy atom. The average molecular weight is 303 g/mol. The first-order valence-corrected chi connectivity index (χ1v) is 7.43. The van der Waals surface area contributed by atoms with Gasteiger partial charge in [-0.1, -0.05) is 11.8 Å². The number of aromatic nitrogens is 4. The lowest BCUT2D eigenvalue weighted by atomic mass is 10.2. The summed E-state index contributed by atoms with van der Waals surface area (Å²) in [5.41, 5.74) is 8.79. The molecule has 0 radical (unpaired) electrons. The Bertz CT molecular complexity index is 679. The number of aromatic amines is 1. The maximum absolute atomic E-state index is 6.20. The van der Waals surface area contributed by atoms with Gasteiger partial charge in [-0.15, -0.1) is 0 Å². The molecule has 0 aliphatic carbocycles. The number of H-pyrrole nitrogens is 1. The highest BCUT2D eigenvalue weighted by Crippen LogP contribution is 2.39. The minimum Gasteiger partial charge on any atom is -0.363 e. The molecular formula is C13H17N7S. The highest BCUT2D eigenvalue weighted by atomic mass is 32.2. The minimum absolute atomic E-state index is 0.244. The van der Waals surface area contributed by atoms with Crippen LogP contribution in [0.25, 0.3) is 5.70 Å². The third kappa shape index (κ3) is 2.47.